The van der Waals surface area contributed by atoms with Crippen molar-refractivity contribution in [1.29, 1.82) is 0 Å². The molecule has 2 aromatic heterocycles. The minimum Gasteiger partial charge on any atom is -0.377 e. The number of benzene rings is 1. The lowest BCUT2D eigenvalue weighted by Crippen LogP contribution is -2.00. The van der Waals surface area contributed by atoms with Gasteiger partial charge in [-0.15, -0.1) is 11.3 Å². The number of hydrogen-bond acceptors (Lipinski definition) is 4. The molecule has 106 valence electrons. The Bertz CT molecular complexity index is 743. The zero-order chi connectivity index (χ0) is 14.7. The van der Waals surface area contributed by atoms with Crippen molar-refractivity contribution in [2.75, 3.05) is 5.32 Å². The summed E-state index contributed by atoms with van der Waals surface area (Å²) in [5.74, 6) is -0.237. The van der Waals surface area contributed by atoms with Gasteiger partial charge < -0.3 is 5.32 Å². The van der Waals surface area contributed by atoms with E-state index in [4.69, 9.17) is 0 Å². The highest BCUT2D eigenvalue weighted by molar-refractivity contribution is 9.10. The fourth-order valence-electron chi connectivity index (χ4n) is 1.82. The third-order valence-electron chi connectivity index (χ3n) is 2.86. The van der Waals surface area contributed by atoms with Gasteiger partial charge >= 0.3 is 0 Å². The highest BCUT2D eigenvalue weighted by Gasteiger charge is 2.06. The fraction of sp³-hybridized carbons (Fsp3) is 0.0667. The minimum absolute atomic E-state index is 0.237. The zero-order valence-corrected chi connectivity index (χ0v) is 13.3. The molecule has 0 amide bonds. The Morgan fingerprint density at radius 2 is 2.00 bits per heavy atom. The number of hydrogen-bond donors (Lipinski definition) is 1. The quantitative estimate of drug-likeness (QED) is 0.681. The second kappa shape index (κ2) is 6.32. The maximum Gasteiger partial charge on any atom is 0.129 e. The van der Waals surface area contributed by atoms with Gasteiger partial charge in [0.2, 0.25) is 0 Å². The van der Waals surface area contributed by atoms with Crippen LogP contribution in [0, 0.1) is 5.82 Å². The van der Waals surface area contributed by atoms with Gasteiger partial charge in [0.25, 0.3) is 0 Å². The van der Waals surface area contributed by atoms with Gasteiger partial charge in [-0.3, -0.25) is 0 Å². The Hall–Kier alpha value is -1.79. The first-order valence-electron chi connectivity index (χ1n) is 6.27. The number of rotatable bonds is 4. The Morgan fingerprint density at radius 3 is 2.76 bits per heavy atom. The molecule has 0 unspecified atom stereocenters. The second-order valence-corrected chi connectivity index (χ2v) is 5.96. The highest BCUT2D eigenvalue weighted by atomic mass is 79.9. The molecule has 3 rings (SSSR count). The predicted molar refractivity (Wildman–Crippen MR) is 86.8 cm³/mol. The summed E-state index contributed by atoms with van der Waals surface area (Å²) >= 11 is 4.94. The minimum atomic E-state index is -0.237. The van der Waals surface area contributed by atoms with E-state index in [1.165, 1.54) is 12.1 Å². The van der Waals surface area contributed by atoms with Crippen LogP contribution in [0.4, 0.5) is 10.1 Å². The maximum atomic E-state index is 12.9. The molecule has 0 aliphatic rings. The molecule has 1 N–H and O–H groups in total. The first-order valence-corrected chi connectivity index (χ1v) is 7.94. The van der Waals surface area contributed by atoms with E-state index in [1.807, 2.05) is 17.5 Å². The van der Waals surface area contributed by atoms with Gasteiger partial charge in [-0.05, 0) is 52.3 Å². The summed E-state index contributed by atoms with van der Waals surface area (Å²) in [6.07, 6.45) is 1.73. The molecule has 0 bridgehead atoms. The lowest BCUT2D eigenvalue weighted by atomic mass is 10.2. The number of pyridine rings is 1. The van der Waals surface area contributed by atoms with Gasteiger partial charge in [-0.1, -0.05) is 0 Å². The van der Waals surface area contributed by atoms with Crippen molar-refractivity contribution in [3.8, 4) is 10.6 Å². The van der Waals surface area contributed by atoms with Crippen molar-refractivity contribution >= 4 is 33.0 Å². The molecule has 0 radical (unpaired) electrons. The van der Waals surface area contributed by atoms with Crippen molar-refractivity contribution in [2.24, 2.45) is 0 Å². The molecule has 21 heavy (non-hydrogen) atoms. The number of nitrogens with one attached hydrogen (secondary N) is 1. The number of nitrogens with zero attached hydrogens (tertiary/aromatic N) is 2. The normalized spacial score (nSPS) is 10.6. The molecule has 6 heteroatoms. The highest BCUT2D eigenvalue weighted by Crippen LogP contribution is 2.25. The number of anilines is 1. The number of aromatic nitrogens is 2. The summed E-state index contributed by atoms with van der Waals surface area (Å²) in [5, 5.41) is 6.16. The van der Waals surface area contributed by atoms with Crippen LogP contribution in [-0.4, -0.2) is 9.97 Å². The van der Waals surface area contributed by atoms with Crippen LogP contribution in [-0.2, 0) is 6.54 Å². The lowest BCUT2D eigenvalue weighted by Gasteiger charge is -2.05. The Kier molecular flexibility index (Phi) is 4.26. The molecule has 0 aliphatic carbocycles. The van der Waals surface area contributed by atoms with Crippen molar-refractivity contribution in [2.45, 2.75) is 6.54 Å². The Morgan fingerprint density at radius 1 is 1.19 bits per heavy atom. The van der Waals surface area contributed by atoms with Gasteiger partial charge in [-0.2, -0.15) is 0 Å². The van der Waals surface area contributed by atoms with Crippen molar-refractivity contribution in [1.82, 2.24) is 9.97 Å². The lowest BCUT2D eigenvalue weighted by molar-refractivity contribution is 0.628. The maximum absolute atomic E-state index is 12.9. The van der Waals surface area contributed by atoms with Crippen molar-refractivity contribution < 1.29 is 4.39 Å². The number of thiazole rings is 1. The zero-order valence-electron chi connectivity index (χ0n) is 10.9. The van der Waals surface area contributed by atoms with E-state index in [1.54, 1.807) is 29.7 Å². The van der Waals surface area contributed by atoms with Gasteiger partial charge in [0.1, 0.15) is 15.4 Å². The molecule has 0 saturated heterocycles. The third-order valence-corrected chi connectivity index (χ3v) is 4.43. The van der Waals surface area contributed by atoms with E-state index < -0.39 is 0 Å². The van der Waals surface area contributed by atoms with Gasteiger partial charge in [-0.25, -0.2) is 14.4 Å². The van der Waals surface area contributed by atoms with Gasteiger partial charge in [0.15, 0.2) is 0 Å². The molecule has 0 fully saturated rings. The van der Waals surface area contributed by atoms with E-state index in [2.05, 4.69) is 31.2 Å². The fourth-order valence-corrected chi connectivity index (χ4v) is 3.03. The number of halogens is 2. The van der Waals surface area contributed by atoms with E-state index in [0.717, 1.165) is 26.6 Å². The molecular formula is C15H11BrFN3S. The van der Waals surface area contributed by atoms with Crippen LogP contribution in [0.5, 0.6) is 0 Å². The molecule has 1 aromatic carbocycles. The van der Waals surface area contributed by atoms with Crippen molar-refractivity contribution in [3.63, 3.8) is 0 Å². The average molecular weight is 364 g/mol. The standard InChI is InChI=1S/C15H11BrFN3S/c16-14-13(2-1-7-18-14)19-8-12-9-21-15(20-12)10-3-5-11(17)6-4-10/h1-7,9,19H,8H2. The summed E-state index contributed by atoms with van der Waals surface area (Å²) in [6.45, 7) is 0.613. The molecular weight excluding hydrogens is 353 g/mol. The molecule has 0 spiro atoms. The van der Waals surface area contributed by atoms with E-state index in [0.29, 0.717) is 6.54 Å². The van der Waals surface area contributed by atoms with Gasteiger partial charge in [0.05, 0.1) is 17.9 Å². The van der Waals surface area contributed by atoms with Crippen LogP contribution in [0.1, 0.15) is 5.69 Å². The molecule has 3 aromatic rings. The summed E-state index contributed by atoms with van der Waals surface area (Å²) in [6, 6.07) is 10.2. The second-order valence-electron chi connectivity index (χ2n) is 4.35. The Balaban J connectivity index is 1.71. The van der Waals surface area contributed by atoms with Crippen LogP contribution in [0.25, 0.3) is 10.6 Å². The summed E-state index contributed by atoms with van der Waals surface area (Å²) in [7, 11) is 0. The molecule has 2 heterocycles. The Labute approximate surface area is 134 Å². The smallest absolute Gasteiger partial charge is 0.129 e. The molecule has 3 nitrogen and oxygen atoms in total. The first kappa shape index (κ1) is 14.2. The first-order chi connectivity index (χ1) is 10.2. The van der Waals surface area contributed by atoms with E-state index in [9.17, 15) is 4.39 Å². The SMILES string of the molecule is Fc1ccc(-c2nc(CNc3cccnc3Br)cs2)cc1. The third kappa shape index (κ3) is 3.46. The van der Waals surface area contributed by atoms with Gasteiger partial charge in [0, 0.05) is 17.1 Å². The summed E-state index contributed by atoms with van der Waals surface area (Å²) in [4.78, 5) is 8.71. The van der Waals surface area contributed by atoms with Crippen LogP contribution < -0.4 is 5.32 Å². The molecule has 0 atom stereocenters. The van der Waals surface area contributed by atoms with E-state index in [-0.39, 0.29) is 5.82 Å². The van der Waals surface area contributed by atoms with E-state index >= 15 is 0 Å². The largest absolute Gasteiger partial charge is 0.377 e. The van der Waals surface area contributed by atoms with Crippen LogP contribution in [0.15, 0.2) is 52.6 Å². The van der Waals surface area contributed by atoms with Crippen LogP contribution in [0.3, 0.4) is 0 Å². The van der Waals surface area contributed by atoms with Crippen LogP contribution in [0.2, 0.25) is 0 Å². The van der Waals surface area contributed by atoms with Crippen molar-refractivity contribution in [3.05, 3.63) is 64.1 Å². The average Bonchev–Trinajstić information content (AvgIpc) is 2.96. The predicted octanol–water partition coefficient (Wildman–Crippen LogP) is 4.72. The monoisotopic (exact) mass is 363 g/mol. The summed E-state index contributed by atoms with van der Waals surface area (Å²) in [5.41, 5.74) is 2.79. The topological polar surface area (TPSA) is 37.8 Å². The summed E-state index contributed by atoms with van der Waals surface area (Å²) < 4.78 is 13.7. The molecule has 0 aliphatic heterocycles. The van der Waals surface area contributed by atoms with Crippen LogP contribution >= 0.6 is 27.3 Å². The molecule has 0 saturated carbocycles.